The lowest BCUT2D eigenvalue weighted by atomic mass is 10.1. The fourth-order valence-corrected chi connectivity index (χ4v) is 1.83. The maximum Gasteiger partial charge on any atom is 0.253 e. The van der Waals surface area contributed by atoms with Crippen molar-refractivity contribution >= 4 is 34.7 Å². The van der Waals surface area contributed by atoms with Crippen LogP contribution in [-0.4, -0.2) is 28.9 Å². The molecule has 0 spiro atoms. The fourth-order valence-electron chi connectivity index (χ4n) is 1.56. The highest BCUT2D eigenvalue weighted by Crippen LogP contribution is 2.18. The highest BCUT2D eigenvalue weighted by atomic mass is 35.5. The second-order valence-electron chi connectivity index (χ2n) is 4.07. The SMILES string of the molecule is CCN(CCC(N)=S)C(=O)c1ccc(C)c(Cl)c1. The molecular weight excluding hydrogens is 268 g/mol. The third-order valence-corrected chi connectivity index (χ3v) is 3.33. The van der Waals surface area contributed by atoms with Gasteiger partial charge in [0, 0.05) is 30.1 Å². The molecule has 0 unspecified atom stereocenters. The summed E-state index contributed by atoms with van der Waals surface area (Å²) >= 11 is 10.8. The van der Waals surface area contributed by atoms with Gasteiger partial charge < -0.3 is 10.6 Å². The summed E-state index contributed by atoms with van der Waals surface area (Å²) in [6.45, 7) is 4.98. The lowest BCUT2D eigenvalue weighted by Crippen LogP contribution is -2.33. The Hall–Kier alpha value is -1.13. The summed E-state index contributed by atoms with van der Waals surface area (Å²) in [6.07, 6.45) is 0.536. The van der Waals surface area contributed by atoms with Crippen molar-refractivity contribution in [2.75, 3.05) is 13.1 Å². The number of halogens is 1. The van der Waals surface area contributed by atoms with Gasteiger partial charge in [-0.05, 0) is 31.5 Å². The smallest absolute Gasteiger partial charge is 0.253 e. The van der Waals surface area contributed by atoms with Gasteiger partial charge in [-0.15, -0.1) is 0 Å². The van der Waals surface area contributed by atoms with Gasteiger partial charge in [-0.1, -0.05) is 29.9 Å². The Bertz CT molecular complexity index is 462. The second-order valence-corrected chi connectivity index (χ2v) is 5.00. The normalized spacial score (nSPS) is 10.2. The van der Waals surface area contributed by atoms with Gasteiger partial charge >= 0.3 is 0 Å². The van der Waals surface area contributed by atoms with Crippen molar-refractivity contribution in [3.63, 3.8) is 0 Å². The Kier molecular flexibility index (Phi) is 5.56. The number of carbonyl (C=O) groups excluding carboxylic acids is 1. The van der Waals surface area contributed by atoms with E-state index in [0.29, 0.717) is 35.1 Å². The molecule has 0 atom stereocenters. The zero-order valence-electron chi connectivity index (χ0n) is 10.6. The van der Waals surface area contributed by atoms with Crippen LogP contribution in [-0.2, 0) is 0 Å². The minimum Gasteiger partial charge on any atom is -0.393 e. The number of nitrogens with zero attached hydrogens (tertiary/aromatic N) is 1. The molecule has 5 heteroatoms. The molecule has 0 aliphatic carbocycles. The van der Waals surface area contributed by atoms with E-state index in [1.807, 2.05) is 19.9 Å². The first kappa shape index (κ1) is 14.9. The number of hydrogen-bond donors (Lipinski definition) is 1. The van der Waals surface area contributed by atoms with E-state index in [2.05, 4.69) is 0 Å². The Morgan fingerprint density at radius 1 is 1.50 bits per heavy atom. The number of aryl methyl sites for hydroxylation is 1. The van der Waals surface area contributed by atoms with Gasteiger partial charge in [0.25, 0.3) is 5.91 Å². The third-order valence-electron chi connectivity index (χ3n) is 2.72. The monoisotopic (exact) mass is 284 g/mol. The average Bonchev–Trinajstić information content (AvgIpc) is 2.32. The van der Waals surface area contributed by atoms with E-state index in [4.69, 9.17) is 29.6 Å². The second kappa shape index (κ2) is 6.71. The maximum absolute atomic E-state index is 12.2. The van der Waals surface area contributed by atoms with Crippen molar-refractivity contribution < 1.29 is 4.79 Å². The standard InChI is InChI=1S/C13H17ClN2OS/c1-3-16(7-6-12(15)18)13(17)10-5-4-9(2)11(14)8-10/h4-5,8H,3,6-7H2,1-2H3,(H2,15,18). The van der Waals surface area contributed by atoms with Gasteiger partial charge in [-0.2, -0.15) is 0 Å². The van der Waals surface area contributed by atoms with E-state index < -0.39 is 0 Å². The van der Waals surface area contributed by atoms with E-state index >= 15 is 0 Å². The van der Waals surface area contributed by atoms with Gasteiger partial charge in [-0.3, -0.25) is 4.79 Å². The van der Waals surface area contributed by atoms with Crippen LogP contribution in [0.2, 0.25) is 5.02 Å². The topological polar surface area (TPSA) is 46.3 Å². The molecule has 2 N–H and O–H groups in total. The van der Waals surface area contributed by atoms with Crippen LogP contribution in [0.15, 0.2) is 18.2 Å². The lowest BCUT2D eigenvalue weighted by molar-refractivity contribution is 0.0769. The Balaban J connectivity index is 2.82. The summed E-state index contributed by atoms with van der Waals surface area (Å²) in [5, 5.41) is 0.603. The summed E-state index contributed by atoms with van der Waals surface area (Å²) in [5.41, 5.74) is 7.00. The van der Waals surface area contributed by atoms with E-state index in [-0.39, 0.29) is 5.91 Å². The molecule has 0 heterocycles. The summed E-state index contributed by atoms with van der Waals surface area (Å²) in [5.74, 6) is -0.0457. The summed E-state index contributed by atoms with van der Waals surface area (Å²) < 4.78 is 0. The van der Waals surface area contributed by atoms with Crippen LogP contribution in [0.3, 0.4) is 0 Å². The molecule has 98 valence electrons. The first-order valence-corrected chi connectivity index (χ1v) is 6.58. The largest absolute Gasteiger partial charge is 0.393 e. The van der Waals surface area contributed by atoms with Crippen LogP contribution in [0, 0.1) is 6.92 Å². The van der Waals surface area contributed by atoms with Crippen molar-refractivity contribution in [2.45, 2.75) is 20.3 Å². The molecule has 1 rings (SSSR count). The van der Waals surface area contributed by atoms with Crippen molar-refractivity contribution in [2.24, 2.45) is 5.73 Å². The first-order valence-electron chi connectivity index (χ1n) is 5.79. The molecule has 3 nitrogen and oxygen atoms in total. The Morgan fingerprint density at radius 3 is 2.67 bits per heavy atom. The third kappa shape index (κ3) is 3.96. The number of thiocarbonyl (C=S) groups is 1. The molecule has 1 amide bonds. The lowest BCUT2D eigenvalue weighted by Gasteiger charge is -2.20. The van der Waals surface area contributed by atoms with Gasteiger partial charge in [0.15, 0.2) is 0 Å². The van der Waals surface area contributed by atoms with Crippen molar-refractivity contribution in [1.82, 2.24) is 4.90 Å². The van der Waals surface area contributed by atoms with E-state index in [0.717, 1.165) is 5.56 Å². The fraction of sp³-hybridized carbons (Fsp3) is 0.385. The molecule has 0 aliphatic rings. The van der Waals surface area contributed by atoms with E-state index in [1.54, 1.807) is 17.0 Å². The van der Waals surface area contributed by atoms with Crippen molar-refractivity contribution in [3.05, 3.63) is 34.3 Å². The van der Waals surface area contributed by atoms with Gasteiger partial charge in [0.2, 0.25) is 0 Å². The molecule has 1 aromatic carbocycles. The van der Waals surface area contributed by atoms with Crippen LogP contribution in [0.4, 0.5) is 0 Å². The first-order chi connectivity index (χ1) is 8.45. The molecule has 0 aromatic heterocycles. The number of amides is 1. The summed E-state index contributed by atoms with van der Waals surface area (Å²) in [6, 6.07) is 5.33. The zero-order chi connectivity index (χ0) is 13.7. The molecule has 0 bridgehead atoms. The van der Waals surface area contributed by atoms with Crippen LogP contribution in [0.25, 0.3) is 0 Å². The number of hydrogen-bond acceptors (Lipinski definition) is 2. The maximum atomic E-state index is 12.2. The molecule has 0 radical (unpaired) electrons. The van der Waals surface area contributed by atoms with Crippen molar-refractivity contribution in [1.29, 1.82) is 0 Å². The number of carbonyl (C=O) groups is 1. The van der Waals surface area contributed by atoms with Crippen LogP contribution in [0.1, 0.15) is 29.3 Å². The summed E-state index contributed by atoms with van der Waals surface area (Å²) in [4.78, 5) is 14.4. The van der Waals surface area contributed by atoms with Gasteiger partial charge in [-0.25, -0.2) is 0 Å². The molecule has 0 fully saturated rings. The minimum absolute atomic E-state index is 0.0457. The molecule has 18 heavy (non-hydrogen) atoms. The van der Waals surface area contributed by atoms with Gasteiger partial charge in [0.1, 0.15) is 0 Å². The van der Waals surface area contributed by atoms with E-state index in [9.17, 15) is 4.79 Å². The highest BCUT2D eigenvalue weighted by molar-refractivity contribution is 7.80. The van der Waals surface area contributed by atoms with Crippen LogP contribution < -0.4 is 5.73 Å². The van der Waals surface area contributed by atoms with E-state index in [1.165, 1.54) is 0 Å². The number of benzene rings is 1. The van der Waals surface area contributed by atoms with Crippen molar-refractivity contribution in [3.8, 4) is 0 Å². The highest BCUT2D eigenvalue weighted by Gasteiger charge is 2.14. The molecule has 0 saturated heterocycles. The molecule has 0 saturated carbocycles. The molecule has 0 aliphatic heterocycles. The number of nitrogens with two attached hydrogens (primary N) is 1. The minimum atomic E-state index is -0.0457. The quantitative estimate of drug-likeness (QED) is 0.846. The molecule has 1 aromatic rings. The Morgan fingerprint density at radius 2 is 2.17 bits per heavy atom. The average molecular weight is 285 g/mol. The zero-order valence-corrected chi connectivity index (χ0v) is 12.1. The number of rotatable bonds is 5. The summed E-state index contributed by atoms with van der Waals surface area (Å²) in [7, 11) is 0. The van der Waals surface area contributed by atoms with Crippen LogP contribution in [0.5, 0.6) is 0 Å². The molecular formula is C13H17ClN2OS. The van der Waals surface area contributed by atoms with Gasteiger partial charge in [0.05, 0.1) is 4.99 Å². The predicted octanol–water partition coefficient (Wildman–Crippen LogP) is 2.79. The Labute approximate surface area is 118 Å². The predicted molar refractivity (Wildman–Crippen MR) is 79.2 cm³/mol. The van der Waals surface area contributed by atoms with Crippen LogP contribution >= 0.6 is 23.8 Å².